The number of halogens is 3. The Bertz CT molecular complexity index is 858. The number of aryl methyl sites for hydroxylation is 1. The fourth-order valence-electron chi connectivity index (χ4n) is 2.07. The molecule has 0 atom stereocenters. The molecule has 5 nitrogen and oxygen atoms in total. The highest BCUT2D eigenvalue weighted by Gasteiger charge is 2.31. The first-order valence-electron chi connectivity index (χ1n) is 6.88. The first-order valence-corrected chi connectivity index (χ1v) is 6.88. The molecule has 0 radical (unpaired) electrons. The molecule has 0 fully saturated rings. The Morgan fingerprint density at radius 3 is 2.33 bits per heavy atom. The molecular weight excluding hydrogens is 323 g/mol. The van der Waals surface area contributed by atoms with Crippen LogP contribution in [-0.2, 0) is 0 Å². The second kappa shape index (κ2) is 5.88. The van der Waals surface area contributed by atoms with Gasteiger partial charge in [-0.25, -0.2) is 0 Å². The van der Waals surface area contributed by atoms with Crippen molar-refractivity contribution in [3.63, 3.8) is 0 Å². The lowest BCUT2D eigenvalue weighted by molar-refractivity contribution is -0.274. The summed E-state index contributed by atoms with van der Waals surface area (Å²) < 4.78 is 45.5. The summed E-state index contributed by atoms with van der Waals surface area (Å²) in [6, 6.07) is 10.5. The largest absolute Gasteiger partial charge is 0.573 e. The van der Waals surface area contributed by atoms with E-state index in [-0.39, 0.29) is 11.6 Å². The van der Waals surface area contributed by atoms with Gasteiger partial charge in [-0.2, -0.15) is 4.98 Å². The molecule has 0 aliphatic carbocycles. The van der Waals surface area contributed by atoms with Crippen LogP contribution < -0.4 is 10.5 Å². The van der Waals surface area contributed by atoms with Gasteiger partial charge in [-0.05, 0) is 55.0 Å². The minimum absolute atomic E-state index is 0.262. The van der Waals surface area contributed by atoms with E-state index in [1.54, 1.807) is 12.1 Å². The summed E-state index contributed by atoms with van der Waals surface area (Å²) in [5.41, 5.74) is 8.50. The van der Waals surface area contributed by atoms with E-state index in [0.29, 0.717) is 22.7 Å². The Balaban J connectivity index is 1.84. The van der Waals surface area contributed by atoms with E-state index in [1.165, 1.54) is 24.3 Å². The van der Waals surface area contributed by atoms with Crippen LogP contribution in [0.4, 0.5) is 18.9 Å². The van der Waals surface area contributed by atoms with Crippen LogP contribution in [0.2, 0.25) is 0 Å². The third kappa shape index (κ3) is 3.48. The Labute approximate surface area is 134 Å². The molecule has 0 unspecified atom stereocenters. The van der Waals surface area contributed by atoms with Crippen molar-refractivity contribution in [2.75, 3.05) is 5.73 Å². The topological polar surface area (TPSA) is 74.2 Å². The summed E-state index contributed by atoms with van der Waals surface area (Å²) in [7, 11) is 0. The zero-order chi connectivity index (χ0) is 17.3. The molecule has 2 N–H and O–H groups in total. The molecule has 3 aromatic rings. The van der Waals surface area contributed by atoms with Crippen LogP contribution in [0.3, 0.4) is 0 Å². The normalized spacial score (nSPS) is 11.5. The molecule has 0 amide bonds. The molecule has 8 heteroatoms. The molecule has 0 saturated carbocycles. The van der Waals surface area contributed by atoms with E-state index in [2.05, 4.69) is 14.9 Å². The van der Waals surface area contributed by atoms with Crippen molar-refractivity contribution in [2.24, 2.45) is 0 Å². The predicted octanol–water partition coefficient (Wildman–Crippen LogP) is 4.19. The number of nitrogens with two attached hydrogens (primary N) is 1. The van der Waals surface area contributed by atoms with Gasteiger partial charge in [-0.1, -0.05) is 5.16 Å². The third-order valence-electron chi connectivity index (χ3n) is 3.29. The van der Waals surface area contributed by atoms with Gasteiger partial charge in [-0.15, -0.1) is 13.2 Å². The van der Waals surface area contributed by atoms with Crippen molar-refractivity contribution in [3.05, 3.63) is 48.0 Å². The summed E-state index contributed by atoms with van der Waals surface area (Å²) in [5, 5.41) is 3.84. The number of hydrogen-bond donors (Lipinski definition) is 1. The fraction of sp³-hybridized carbons (Fsp3) is 0.125. The molecule has 1 aromatic heterocycles. The van der Waals surface area contributed by atoms with Gasteiger partial charge in [0.1, 0.15) is 5.75 Å². The van der Waals surface area contributed by atoms with Gasteiger partial charge in [0.2, 0.25) is 5.82 Å². The van der Waals surface area contributed by atoms with Crippen LogP contribution in [-0.4, -0.2) is 16.5 Å². The molecule has 24 heavy (non-hydrogen) atoms. The Hall–Kier alpha value is -3.03. The molecule has 0 aliphatic rings. The maximum absolute atomic E-state index is 12.1. The van der Waals surface area contributed by atoms with Crippen molar-refractivity contribution >= 4 is 5.69 Å². The predicted molar refractivity (Wildman–Crippen MR) is 81.0 cm³/mol. The SMILES string of the molecule is Cc1cc(-c2nc(-c3ccc(OC(F)(F)F)cc3)no2)ccc1N. The number of alkyl halides is 3. The first kappa shape index (κ1) is 15.9. The van der Waals surface area contributed by atoms with Crippen molar-refractivity contribution in [1.82, 2.24) is 10.1 Å². The lowest BCUT2D eigenvalue weighted by Gasteiger charge is -2.08. The van der Waals surface area contributed by atoms with Gasteiger partial charge in [0.15, 0.2) is 0 Å². The fourth-order valence-corrected chi connectivity index (χ4v) is 2.07. The molecule has 0 saturated heterocycles. The molecule has 0 bridgehead atoms. The minimum atomic E-state index is -4.73. The number of nitrogens with zero attached hydrogens (tertiary/aromatic N) is 2. The zero-order valence-corrected chi connectivity index (χ0v) is 12.5. The average molecular weight is 335 g/mol. The lowest BCUT2D eigenvalue weighted by Crippen LogP contribution is -2.16. The highest BCUT2D eigenvalue weighted by atomic mass is 19.4. The Kier molecular flexibility index (Phi) is 3.88. The van der Waals surface area contributed by atoms with Crippen molar-refractivity contribution in [1.29, 1.82) is 0 Å². The molecule has 0 spiro atoms. The van der Waals surface area contributed by atoms with Crippen molar-refractivity contribution in [3.8, 4) is 28.6 Å². The average Bonchev–Trinajstić information content (AvgIpc) is 2.99. The number of benzene rings is 2. The van der Waals surface area contributed by atoms with Crippen LogP contribution in [0.15, 0.2) is 47.0 Å². The number of anilines is 1. The number of ether oxygens (including phenoxy) is 1. The molecule has 2 aromatic carbocycles. The third-order valence-corrected chi connectivity index (χ3v) is 3.29. The standard InChI is InChI=1S/C16H12F3N3O2/c1-9-8-11(4-7-13(9)20)15-21-14(22-24-15)10-2-5-12(6-3-10)23-16(17,18)19/h2-8H,20H2,1H3. The highest BCUT2D eigenvalue weighted by molar-refractivity contribution is 5.63. The number of rotatable bonds is 3. The van der Waals surface area contributed by atoms with Crippen LogP contribution in [0.5, 0.6) is 5.75 Å². The first-order chi connectivity index (χ1) is 11.3. The van der Waals surface area contributed by atoms with Gasteiger partial charge in [0, 0.05) is 16.8 Å². The van der Waals surface area contributed by atoms with E-state index in [9.17, 15) is 13.2 Å². The Morgan fingerprint density at radius 2 is 1.71 bits per heavy atom. The summed E-state index contributed by atoms with van der Waals surface area (Å²) in [6.45, 7) is 1.86. The van der Waals surface area contributed by atoms with Crippen LogP contribution in [0.1, 0.15) is 5.56 Å². The lowest BCUT2D eigenvalue weighted by atomic mass is 10.1. The van der Waals surface area contributed by atoms with Crippen LogP contribution in [0, 0.1) is 6.92 Å². The summed E-state index contributed by atoms with van der Waals surface area (Å²) in [6.07, 6.45) is -4.73. The van der Waals surface area contributed by atoms with E-state index in [0.717, 1.165) is 5.56 Å². The van der Waals surface area contributed by atoms with Crippen LogP contribution >= 0.6 is 0 Å². The molecular formula is C16H12F3N3O2. The van der Waals surface area contributed by atoms with Crippen molar-refractivity contribution < 1.29 is 22.4 Å². The minimum Gasteiger partial charge on any atom is -0.406 e. The quantitative estimate of drug-likeness (QED) is 0.726. The van der Waals surface area contributed by atoms with E-state index >= 15 is 0 Å². The summed E-state index contributed by atoms with van der Waals surface area (Å²) in [4.78, 5) is 4.24. The highest BCUT2D eigenvalue weighted by Crippen LogP contribution is 2.27. The second-order valence-corrected chi connectivity index (χ2v) is 5.07. The van der Waals surface area contributed by atoms with E-state index in [4.69, 9.17) is 10.3 Å². The van der Waals surface area contributed by atoms with Gasteiger partial charge < -0.3 is 15.0 Å². The molecule has 124 valence electrons. The maximum Gasteiger partial charge on any atom is 0.573 e. The smallest absolute Gasteiger partial charge is 0.406 e. The Morgan fingerprint density at radius 1 is 1.04 bits per heavy atom. The van der Waals surface area contributed by atoms with Gasteiger partial charge in [0.05, 0.1) is 0 Å². The molecule has 3 rings (SSSR count). The zero-order valence-electron chi connectivity index (χ0n) is 12.5. The van der Waals surface area contributed by atoms with E-state index < -0.39 is 6.36 Å². The molecule has 1 heterocycles. The molecule has 0 aliphatic heterocycles. The van der Waals surface area contributed by atoms with Gasteiger partial charge in [-0.3, -0.25) is 0 Å². The maximum atomic E-state index is 12.1. The van der Waals surface area contributed by atoms with E-state index in [1.807, 2.05) is 13.0 Å². The number of aromatic nitrogens is 2. The summed E-state index contributed by atoms with van der Waals surface area (Å²) >= 11 is 0. The van der Waals surface area contributed by atoms with Crippen molar-refractivity contribution in [2.45, 2.75) is 13.3 Å². The number of nitrogen functional groups attached to an aromatic ring is 1. The number of hydrogen-bond acceptors (Lipinski definition) is 5. The second-order valence-electron chi connectivity index (χ2n) is 5.07. The van der Waals surface area contributed by atoms with Gasteiger partial charge in [0.25, 0.3) is 5.89 Å². The van der Waals surface area contributed by atoms with Crippen LogP contribution in [0.25, 0.3) is 22.8 Å². The monoisotopic (exact) mass is 335 g/mol. The van der Waals surface area contributed by atoms with Gasteiger partial charge >= 0.3 is 6.36 Å². The summed E-state index contributed by atoms with van der Waals surface area (Å²) in [5.74, 6) is 0.242.